The molecule has 0 aromatic heterocycles. The van der Waals surface area contributed by atoms with Crippen molar-refractivity contribution < 1.29 is 14.6 Å². The molecule has 2 aliphatic heterocycles. The molecule has 4 aliphatic rings. The zero-order valence-corrected chi connectivity index (χ0v) is 13.1. The van der Waals surface area contributed by atoms with Crippen LogP contribution in [0.2, 0.25) is 0 Å². The zero-order chi connectivity index (χ0) is 15.3. The van der Waals surface area contributed by atoms with E-state index in [0.717, 1.165) is 31.4 Å². The summed E-state index contributed by atoms with van der Waals surface area (Å²) in [5.74, 6) is 1.43. The number of phenolic OH excluding ortho intramolecular Hbond substituents is 1. The quantitative estimate of drug-likeness (QED) is 0.796. The summed E-state index contributed by atoms with van der Waals surface area (Å²) in [5.41, 5.74) is 1.38. The van der Waals surface area contributed by atoms with Gasteiger partial charge in [0.05, 0.1) is 5.41 Å². The number of hydrogen-bond donors (Lipinski definition) is 1. The summed E-state index contributed by atoms with van der Waals surface area (Å²) in [4.78, 5) is 15.3. The first-order chi connectivity index (χ1) is 10.5. The lowest BCUT2D eigenvalue weighted by Gasteiger charge is -2.60. The van der Waals surface area contributed by atoms with Crippen LogP contribution >= 0.6 is 0 Å². The minimum atomic E-state index is -0.800. The molecule has 4 heteroatoms. The van der Waals surface area contributed by atoms with Crippen LogP contribution in [0.25, 0.3) is 0 Å². The number of carbonyl (C=O) groups excluding carboxylic acids is 1. The van der Waals surface area contributed by atoms with E-state index < -0.39 is 5.60 Å². The van der Waals surface area contributed by atoms with Gasteiger partial charge in [-0.2, -0.15) is 0 Å². The van der Waals surface area contributed by atoms with Crippen molar-refractivity contribution in [1.29, 1.82) is 0 Å². The predicted octanol–water partition coefficient (Wildman–Crippen LogP) is 2.02. The summed E-state index contributed by atoms with van der Waals surface area (Å²) in [7, 11) is 2.20. The molecule has 5 rings (SSSR count). The van der Waals surface area contributed by atoms with Crippen molar-refractivity contribution in [1.82, 2.24) is 4.90 Å². The number of likely N-dealkylation sites (tertiary alicyclic amines) is 1. The van der Waals surface area contributed by atoms with Gasteiger partial charge in [-0.15, -0.1) is 0 Å². The number of aromatic hydroxyl groups is 1. The molecule has 0 amide bonds. The highest BCUT2D eigenvalue weighted by Gasteiger charge is 2.71. The first-order valence-electron chi connectivity index (χ1n) is 8.27. The molecule has 0 unspecified atom stereocenters. The van der Waals surface area contributed by atoms with Gasteiger partial charge in [0.15, 0.2) is 22.9 Å². The van der Waals surface area contributed by atoms with E-state index in [-0.39, 0.29) is 16.9 Å². The van der Waals surface area contributed by atoms with Gasteiger partial charge in [-0.25, -0.2) is 0 Å². The number of rotatable bonds is 0. The molecule has 22 heavy (non-hydrogen) atoms. The van der Waals surface area contributed by atoms with Gasteiger partial charge in [-0.1, -0.05) is 6.07 Å². The Morgan fingerprint density at radius 2 is 2.23 bits per heavy atom. The molecule has 1 aromatic carbocycles. The van der Waals surface area contributed by atoms with Gasteiger partial charge in [-0.3, -0.25) is 4.79 Å². The normalized spacial score (nSPS) is 42.0. The van der Waals surface area contributed by atoms with Crippen molar-refractivity contribution in [3.05, 3.63) is 23.3 Å². The number of carbonyl (C=O) groups is 1. The van der Waals surface area contributed by atoms with Crippen LogP contribution in [0.15, 0.2) is 12.1 Å². The lowest BCUT2D eigenvalue weighted by Crippen LogP contribution is -2.70. The Labute approximate surface area is 130 Å². The van der Waals surface area contributed by atoms with E-state index in [1.807, 2.05) is 13.0 Å². The molecule has 116 valence electrons. The first kappa shape index (κ1) is 12.9. The van der Waals surface area contributed by atoms with Gasteiger partial charge in [-0.05, 0) is 57.3 Å². The predicted molar refractivity (Wildman–Crippen MR) is 81.3 cm³/mol. The van der Waals surface area contributed by atoms with Gasteiger partial charge in [0.25, 0.3) is 0 Å². The standard InChI is InChI=1S/C18H21NO3/c1-17-14(21)6-4-11-12-9-10-3-5-13(20)16(22-17)15(10)18(11,17)7-8-19(12)2/h3,5,11-12,20H,4,6-9H2,1-2H3/t11-,12-,17-,18-/m0/s1. The second-order valence-electron chi connectivity index (χ2n) is 7.63. The Kier molecular flexibility index (Phi) is 2.16. The van der Waals surface area contributed by atoms with Gasteiger partial charge < -0.3 is 14.7 Å². The summed E-state index contributed by atoms with van der Waals surface area (Å²) in [6.07, 6.45) is 3.48. The summed E-state index contributed by atoms with van der Waals surface area (Å²) in [6, 6.07) is 4.24. The number of piperidine rings is 1. The van der Waals surface area contributed by atoms with Crippen LogP contribution in [0.1, 0.15) is 37.3 Å². The molecule has 0 radical (unpaired) electrons. The third-order valence-corrected chi connectivity index (χ3v) is 6.99. The zero-order valence-electron chi connectivity index (χ0n) is 13.1. The summed E-state index contributed by atoms with van der Waals surface area (Å²) >= 11 is 0. The highest BCUT2D eigenvalue weighted by atomic mass is 16.5. The summed E-state index contributed by atoms with van der Waals surface area (Å²) in [6.45, 7) is 2.96. The molecule has 2 fully saturated rings. The van der Waals surface area contributed by atoms with Crippen molar-refractivity contribution in [3.8, 4) is 11.5 Å². The molecular weight excluding hydrogens is 278 g/mol. The van der Waals surface area contributed by atoms with Crippen molar-refractivity contribution in [2.75, 3.05) is 13.6 Å². The topological polar surface area (TPSA) is 49.8 Å². The highest BCUT2D eigenvalue weighted by Crippen LogP contribution is 2.66. The second kappa shape index (κ2) is 3.67. The average Bonchev–Trinajstić information content (AvgIpc) is 2.78. The van der Waals surface area contributed by atoms with Crippen LogP contribution in [0.5, 0.6) is 11.5 Å². The maximum absolute atomic E-state index is 12.8. The van der Waals surface area contributed by atoms with Crippen molar-refractivity contribution in [2.45, 2.75) is 49.7 Å². The van der Waals surface area contributed by atoms with Gasteiger partial charge >= 0.3 is 0 Å². The Bertz CT molecular complexity index is 715. The Morgan fingerprint density at radius 3 is 3.05 bits per heavy atom. The van der Waals surface area contributed by atoms with E-state index in [9.17, 15) is 9.90 Å². The molecule has 4 atom stereocenters. The van der Waals surface area contributed by atoms with E-state index >= 15 is 0 Å². The van der Waals surface area contributed by atoms with Crippen molar-refractivity contribution >= 4 is 5.78 Å². The van der Waals surface area contributed by atoms with E-state index in [0.29, 0.717) is 24.1 Å². The molecule has 4 nitrogen and oxygen atoms in total. The van der Waals surface area contributed by atoms with Crippen LogP contribution in [0.4, 0.5) is 0 Å². The number of ketones is 1. The number of ether oxygens (including phenoxy) is 1. The smallest absolute Gasteiger partial charge is 0.177 e. The van der Waals surface area contributed by atoms with Gasteiger partial charge in [0.2, 0.25) is 0 Å². The number of phenols is 1. The Balaban J connectivity index is 1.87. The van der Waals surface area contributed by atoms with Crippen LogP contribution in [-0.4, -0.2) is 41.0 Å². The largest absolute Gasteiger partial charge is 0.504 e. The van der Waals surface area contributed by atoms with E-state index in [1.54, 1.807) is 6.07 Å². The number of benzene rings is 1. The van der Waals surface area contributed by atoms with Gasteiger partial charge in [0.1, 0.15) is 0 Å². The minimum Gasteiger partial charge on any atom is -0.504 e. The fraction of sp³-hybridized carbons (Fsp3) is 0.611. The minimum absolute atomic E-state index is 0.188. The maximum atomic E-state index is 12.8. The van der Waals surface area contributed by atoms with Crippen LogP contribution in [-0.2, 0) is 16.6 Å². The molecule has 1 saturated carbocycles. The summed E-state index contributed by atoms with van der Waals surface area (Å²) in [5, 5.41) is 10.3. The Morgan fingerprint density at radius 1 is 1.41 bits per heavy atom. The van der Waals surface area contributed by atoms with Crippen molar-refractivity contribution in [2.24, 2.45) is 5.92 Å². The number of Topliss-reactive ketones (excluding diaryl/α,β-unsaturated/α-hetero) is 1. The SMILES string of the molecule is CN1CC[C@]23c4c5ccc(O)c4O[C@@]2(C)C(=O)CC[C@H]3[C@@H]1C5. The number of nitrogens with zero attached hydrogens (tertiary/aromatic N) is 1. The van der Waals surface area contributed by atoms with Crippen LogP contribution < -0.4 is 4.74 Å². The highest BCUT2D eigenvalue weighted by molar-refractivity contribution is 5.93. The molecule has 2 heterocycles. The number of hydrogen-bond acceptors (Lipinski definition) is 4. The van der Waals surface area contributed by atoms with E-state index in [1.165, 1.54) is 5.56 Å². The van der Waals surface area contributed by atoms with E-state index in [4.69, 9.17) is 4.74 Å². The molecule has 1 spiro atoms. The number of likely N-dealkylation sites (N-methyl/N-ethyl adjacent to an activating group) is 1. The lowest BCUT2D eigenvalue weighted by molar-refractivity contribution is -0.153. The fourth-order valence-electron chi connectivity index (χ4n) is 5.94. The second-order valence-corrected chi connectivity index (χ2v) is 7.63. The molecule has 2 aliphatic carbocycles. The van der Waals surface area contributed by atoms with Gasteiger partial charge in [0, 0.05) is 18.0 Å². The molecule has 2 bridgehead atoms. The average molecular weight is 299 g/mol. The molecule has 1 saturated heterocycles. The van der Waals surface area contributed by atoms with Crippen LogP contribution in [0.3, 0.4) is 0 Å². The third-order valence-electron chi connectivity index (χ3n) is 6.99. The lowest BCUT2D eigenvalue weighted by atomic mass is 9.47. The van der Waals surface area contributed by atoms with Crippen molar-refractivity contribution in [3.63, 3.8) is 0 Å². The van der Waals surface area contributed by atoms with E-state index in [2.05, 4.69) is 11.9 Å². The maximum Gasteiger partial charge on any atom is 0.177 e. The Hall–Kier alpha value is -1.55. The molecule has 1 aromatic rings. The fourth-order valence-corrected chi connectivity index (χ4v) is 5.94. The van der Waals surface area contributed by atoms with Crippen LogP contribution in [0, 0.1) is 5.92 Å². The summed E-state index contributed by atoms with van der Waals surface area (Å²) < 4.78 is 6.23. The molecule has 1 N–H and O–H groups in total. The third kappa shape index (κ3) is 1.13. The molecular formula is C18H21NO3. The monoisotopic (exact) mass is 299 g/mol. The first-order valence-corrected chi connectivity index (χ1v) is 8.27.